The van der Waals surface area contributed by atoms with Crippen molar-refractivity contribution in [1.82, 2.24) is 5.32 Å². The quantitative estimate of drug-likeness (QED) is 0.826. The Morgan fingerprint density at radius 1 is 1.36 bits per heavy atom. The summed E-state index contributed by atoms with van der Waals surface area (Å²) in [5.41, 5.74) is 3.12. The second-order valence-corrected chi connectivity index (χ2v) is 6.12. The maximum Gasteiger partial charge on any atom is 0.316 e. The van der Waals surface area contributed by atoms with Crippen molar-refractivity contribution in [2.45, 2.75) is 39.7 Å². The van der Waals surface area contributed by atoms with Crippen molar-refractivity contribution in [3.05, 3.63) is 29.3 Å². The van der Waals surface area contributed by atoms with Gasteiger partial charge >= 0.3 is 11.8 Å². The molecule has 0 aliphatic carbocycles. The van der Waals surface area contributed by atoms with Gasteiger partial charge in [0.25, 0.3) is 0 Å². The van der Waals surface area contributed by atoms with Crippen molar-refractivity contribution in [3.8, 4) is 0 Å². The molecule has 0 aromatic heterocycles. The lowest BCUT2D eigenvalue weighted by atomic mass is 10.0. The summed E-state index contributed by atoms with van der Waals surface area (Å²) in [4.78, 5) is 26.2. The number of carbonyl (C=O) groups excluding carboxylic acids is 2. The van der Waals surface area contributed by atoms with Gasteiger partial charge in [0.2, 0.25) is 0 Å². The minimum absolute atomic E-state index is 0.0109. The first kappa shape index (κ1) is 16.5. The average molecular weight is 304 g/mol. The lowest BCUT2D eigenvalue weighted by molar-refractivity contribution is -0.138. The Kier molecular flexibility index (Phi) is 5.19. The van der Waals surface area contributed by atoms with Gasteiger partial charge in [-0.25, -0.2) is 0 Å². The molecule has 0 radical (unpaired) electrons. The van der Waals surface area contributed by atoms with E-state index in [1.165, 1.54) is 0 Å². The Balaban J connectivity index is 2.10. The number of nitrogens with zero attached hydrogens (tertiary/aromatic N) is 1. The number of rotatable bonds is 4. The highest BCUT2D eigenvalue weighted by Crippen LogP contribution is 2.30. The van der Waals surface area contributed by atoms with Crippen LogP contribution in [0, 0.1) is 12.8 Å². The second kappa shape index (κ2) is 6.92. The van der Waals surface area contributed by atoms with Crippen molar-refractivity contribution in [1.29, 1.82) is 0 Å². The molecule has 120 valence electrons. The van der Waals surface area contributed by atoms with Crippen LogP contribution >= 0.6 is 0 Å². The largest absolute Gasteiger partial charge is 0.396 e. The number of anilines is 1. The zero-order valence-electron chi connectivity index (χ0n) is 13.4. The van der Waals surface area contributed by atoms with Crippen molar-refractivity contribution < 1.29 is 14.7 Å². The van der Waals surface area contributed by atoms with Crippen molar-refractivity contribution >= 4 is 17.5 Å². The molecule has 1 aliphatic heterocycles. The van der Waals surface area contributed by atoms with E-state index in [-0.39, 0.29) is 18.6 Å². The van der Waals surface area contributed by atoms with Crippen molar-refractivity contribution in [2.24, 2.45) is 5.92 Å². The topological polar surface area (TPSA) is 69.6 Å². The van der Waals surface area contributed by atoms with Crippen molar-refractivity contribution in [3.63, 3.8) is 0 Å². The third kappa shape index (κ3) is 3.30. The maximum absolute atomic E-state index is 12.4. The van der Waals surface area contributed by atoms with Gasteiger partial charge in [0, 0.05) is 24.9 Å². The molecule has 2 rings (SSSR count). The highest BCUT2D eigenvalue weighted by Gasteiger charge is 2.31. The van der Waals surface area contributed by atoms with Crippen LogP contribution in [0.4, 0.5) is 5.69 Å². The smallest absolute Gasteiger partial charge is 0.316 e. The lowest BCUT2D eigenvalue weighted by Gasteiger charge is -2.23. The number of fused-ring (bicyclic) bond motifs is 1. The highest BCUT2D eigenvalue weighted by atomic mass is 16.3. The fourth-order valence-corrected chi connectivity index (χ4v) is 2.88. The molecule has 1 aliphatic rings. The first-order chi connectivity index (χ1) is 10.5. The Bertz CT molecular complexity index is 569. The number of aryl methyl sites for hydroxylation is 1. The number of aliphatic hydroxyl groups excluding tert-OH is 1. The summed E-state index contributed by atoms with van der Waals surface area (Å²) in [7, 11) is 0. The number of aliphatic hydroxyl groups is 1. The van der Waals surface area contributed by atoms with Crippen LogP contribution in [0.2, 0.25) is 0 Å². The summed E-state index contributed by atoms with van der Waals surface area (Å²) in [6.07, 6.45) is 1.23. The highest BCUT2D eigenvalue weighted by molar-refractivity contribution is 6.40. The van der Waals surface area contributed by atoms with E-state index in [4.69, 9.17) is 5.11 Å². The molecular formula is C17H24N2O3. The molecule has 0 spiro atoms. The van der Waals surface area contributed by atoms with Crippen LogP contribution in [0.5, 0.6) is 0 Å². The summed E-state index contributed by atoms with van der Waals surface area (Å²) in [5.74, 6) is -0.952. The van der Waals surface area contributed by atoms with Crippen LogP contribution < -0.4 is 10.2 Å². The molecule has 1 unspecified atom stereocenters. The fourth-order valence-electron chi connectivity index (χ4n) is 2.88. The molecule has 0 bridgehead atoms. The molecule has 1 aromatic carbocycles. The van der Waals surface area contributed by atoms with Crippen LogP contribution in [-0.4, -0.2) is 36.1 Å². The summed E-state index contributed by atoms with van der Waals surface area (Å²) >= 11 is 0. The number of nitrogens with one attached hydrogen (secondary N) is 1. The molecule has 22 heavy (non-hydrogen) atoms. The predicted octanol–water partition coefficient (Wildman–Crippen LogP) is 1.41. The van der Waals surface area contributed by atoms with Crippen LogP contribution in [0.25, 0.3) is 0 Å². The molecule has 0 fully saturated rings. The Morgan fingerprint density at radius 2 is 2.09 bits per heavy atom. The predicted molar refractivity (Wildman–Crippen MR) is 85.7 cm³/mol. The van der Waals surface area contributed by atoms with E-state index in [0.29, 0.717) is 13.0 Å². The summed E-state index contributed by atoms with van der Waals surface area (Å²) < 4.78 is 0. The van der Waals surface area contributed by atoms with E-state index in [1.807, 2.05) is 39.0 Å². The number of hydrogen-bond donors (Lipinski definition) is 2. The van der Waals surface area contributed by atoms with Gasteiger partial charge in [-0.1, -0.05) is 26.0 Å². The molecule has 1 heterocycles. The van der Waals surface area contributed by atoms with Gasteiger partial charge in [-0.15, -0.1) is 0 Å². The Morgan fingerprint density at radius 3 is 2.73 bits per heavy atom. The SMILES string of the molecule is Cc1cccc2c1CCN2C(=O)C(=O)NC(CCO)C(C)C. The van der Waals surface area contributed by atoms with Gasteiger partial charge in [0.1, 0.15) is 0 Å². The molecule has 1 atom stereocenters. The van der Waals surface area contributed by atoms with Gasteiger partial charge in [-0.3, -0.25) is 9.59 Å². The average Bonchev–Trinajstić information content (AvgIpc) is 2.91. The third-order valence-corrected chi connectivity index (χ3v) is 4.26. The third-order valence-electron chi connectivity index (χ3n) is 4.26. The number of benzene rings is 1. The lowest BCUT2D eigenvalue weighted by Crippen LogP contribution is -2.48. The first-order valence-electron chi connectivity index (χ1n) is 7.77. The van der Waals surface area contributed by atoms with Crippen LogP contribution in [0.1, 0.15) is 31.4 Å². The first-order valence-corrected chi connectivity index (χ1v) is 7.77. The summed E-state index contributed by atoms with van der Waals surface area (Å²) in [6.45, 7) is 6.46. The summed E-state index contributed by atoms with van der Waals surface area (Å²) in [6, 6.07) is 5.61. The van der Waals surface area contributed by atoms with E-state index >= 15 is 0 Å². The van der Waals surface area contributed by atoms with Gasteiger partial charge in [0.05, 0.1) is 0 Å². The monoisotopic (exact) mass is 304 g/mol. The Labute approximate surface area is 131 Å². The van der Waals surface area contributed by atoms with Gasteiger partial charge in [-0.2, -0.15) is 0 Å². The molecule has 2 amide bonds. The second-order valence-electron chi connectivity index (χ2n) is 6.12. The molecular weight excluding hydrogens is 280 g/mol. The van der Waals surface area contributed by atoms with Gasteiger partial charge in [0.15, 0.2) is 0 Å². The minimum atomic E-state index is -0.596. The molecule has 2 N–H and O–H groups in total. The van der Waals surface area contributed by atoms with E-state index in [1.54, 1.807) is 4.90 Å². The zero-order valence-corrected chi connectivity index (χ0v) is 13.4. The maximum atomic E-state index is 12.4. The molecule has 1 aromatic rings. The van der Waals surface area contributed by atoms with E-state index in [2.05, 4.69) is 5.32 Å². The molecule has 0 saturated heterocycles. The number of hydrogen-bond acceptors (Lipinski definition) is 3. The molecule has 5 heteroatoms. The van der Waals surface area contributed by atoms with E-state index < -0.39 is 11.8 Å². The summed E-state index contributed by atoms with van der Waals surface area (Å²) in [5, 5.41) is 11.8. The van der Waals surface area contributed by atoms with E-state index in [0.717, 1.165) is 23.2 Å². The Hall–Kier alpha value is -1.88. The molecule has 5 nitrogen and oxygen atoms in total. The van der Waals surface area contributed by atoms with Gasteiger partial charge in [-0.05, 0) is 42.9 Å². The fraction of sp³-hybridized carbons (Fsp3) is 0.529. The van der Waals surface area contributed by atoms with Gasteiger partial charge < -0.3 is 15.3 Å². The van der Waals surface area contributed by atoms with Crippen LogP contribution in [-0.2, 0) is 16.0 Å². The normalized spacial score (nSPS) is 14.9. The number of amides is 2. The minimum Gasteiger partial charge on any atom is -0.396 e. The molecule has 0 saturated carbocycles. The standard InChI is InChI=1S/C17H24N2O3/c1-11(2)14(8-10-20)18-16(21)17(22)19-9-7-13-12(3)5-4-6-15(13)19/h4-6,11,14,20H,7-10H2,1-3H3,(H,18,21). The van der Waals surface area contributed by atoms with E-state index in [9.17, 15) is 9.59 Å². The van der Waals surface area contributed by atoms with Crippen molar-refractivity contribution in [2.75, 3.05) is 18.1 Å². The van der Waals surface area contributed by atoms with Crippen LogP contribution in [0.3, 0.4) is 0 Å². The zero-order chi connectivity index (χ0) is 16.3. The number of carbonyl (C=O) groups is 2. The van der Waals surface area contributed by atoms with Crippen LogP contribution in [0.15, 0.2) is 18.2 Å².